The average Bonchev–Trinajstić information content (AvgIpc) is 3.07. The van der Waals surface area contributed by atoms with Crippen molar-refractivity contribution in [1.82, 2.24) is 0 Å². The average molecular weight is 502 g/mol. The highest BCUT2D eigenvalue weighted by Crippen LogP contribution is 2.67. The quantitative estimate of drug-likeness (QED) is 0.567. The highest BCUT2D eigenvalue weighted by atomic mass is 35.5. The van der Waals surface area contributed by atoms with Crippen molar-refractivity contribution in [2.75, 3.05) is 6.54 Å². The van der Waals surface area contributed by atoms with Crippen LogP contribution in [-0.4, -0.2) is 34.2 Å². The molecule has 0 saturated heterocycles. The second kappa shape index (κ2) is 9.59. The number of rotatable bonds is 5. The Kier molecular flexibility index (Phi) is 7.36. The van der Waals surface area contributed by atoms with Crippen LogP contribution in [0.2, 0.25) is 0 Å². The van der Waals surface area contributed by atoms with Gasteiger partial charge in [-0.05, 0) is 99.0 Å². The van der Waals surface area contributed by atoms with E-state index in [4.69, 9.17) is 0 Å². The summed E-state index contributed by atoms with van der Waals surface area (Å²) in [5, 5.41) is 24.1. The van der Waals surface area contributed by atoms with Crippen LogP contribution in [0, 0.1) is 34.5 Å². The molecule has 5 heteroatoms. The summed E-state index contributed by atoms with van der Waals surface area (Å²) in [4.78, 5) is 13.1. The molecule has 1 aromatic rings. The molecule has 0 amide bonds. The first-order valence-corrected chi connectivity index (χ1v) is 13.6. The van der Waals surface area contributed by atoms with Crippen molar-refractivity contribution >= 4 is 5.78 Å². The Balaban J connectivity index is 0.00000289. The number of hydrogen-bond acceptors (Lipinski definition) is 3. The summed E-state index contributed by atoms with van der Waals surface area (Å²) in [5.41, 5.74) is 1.90. The maximum atomic E-state index is 13.1. The van der Waals surface area contributed by atoms with E-state index >= 15 is 0 Å². The number of allylic oxidation sites excluding steroid dienone is 1. The number of hydrogen-bond donors (Lipinski definition) is 3. The van der Waals surface area contributed by atoms with Gasteiger partial charge in [-0.25, -0.2) is 0 Å². The van der Waals surface area contributed by atoms with Crippen molar-refractivity contribution in [1.29, 1.82) is 0 Å². The van der Waals surface area contributed by atoms with Gasteiger partial charge in [-0.15, -0.1) is 0 Å². The summed E-state index contributed by atoms with van der Waals surface area (Å²) in [6, 6.07) is 9.83. The van der Waals surface area contributed by atoms with Gasteiger partial charge in [0, 0.05) is 0 Å². The van der Waals surface area contributed by atoms with Gasteiger partial charge in [-0.1, -0.05) is 49.8 Å². The predicted octanol–water partition coefficient (Wildman–Crippen LogP) is 1.18. The molecular formula is C30H44ClNO3. The molecule has 1 aromatic carbocycles. The Morgan fingerprint density at radius 2 is 1.74 bits per heavy atom. The number of carbonyl (C=O) groups is 1. The number of carbonyl (C=O) groups excluding carboxylic acids is 1. The van der Waals surface area contributed by atoms with Crippen LogP contribution in [0.5, 0.6) is 0 Å². The van der Waals surface area contributed by atoms with E-state index in [1.54, 1.807) is 0 Å². The third-order valence-corrected chi connectivity index (χ3v) is 11.1. The van der Waals surface area contributed by atoms with Crippen molar-refractivity contribution in [3.05, 3.63) is 47.5 Å². The fourth-order valence-corrected chi connectivity index (χ4v) is 8.65. The third-order valence-electron chi connectivity index (χ3n) is 11.1. The normalized spacial score (nSPS) is 42.1. The summed E-state index contributed by atoms with van der Waals surface area (Å²) in [7, 11) is 0. The molecule has 0 heterocycles. The second-order valence-corrected chi connectivity index (χ2v) is 12.8. The van der Waals surface area contributed by atoms with Crippen LogP contribution < -0.4 is 17.7 Å². The topological polar surface area (TPSA) is 74.1 Å². The number of halogens is 1. The highest BCUT2D eigenvalue weighted by molar-refractivity contribution is 5.93. The minimum atomic E-state index is -0.546. The minimum Gasteiger partial charge on any atom is -1.00 e. The molecule has 3 saturated carbocycles. The van der Waals surface area contributed by atoms with E-state index in [0.29, 0.717) is 17.8 Å². The van der Waals surface area contributed by atoms with E-state index in [1.807, 2.05) is 36.4 Å². The van der Waals surface area contributed by atoms with Crippen LogP contribution in [0.3, 0.4) is 0 Å². The van der Waals surface area contributed by atoms with Crippen molar-refractivity contribution < 1.29 is 32.7 Å². The smallest absolute Gasteiger partial charge is 0.164 e. The summed E-state index contributed by atoms with van der Waals surface area (Å²) in [5.74, 6) is 2.17. The predicted molar refractivity (Wildman–Crippen MR) is 134 cm³/mol. The molecule has 4 N–H and O–H groups in total. The molecule has 0 radical (unpaired) electrons. The van der Waals surface area contributed by atoms with Crippen molar-refractivity contribution in [2.24, 2.45) is 34.5 Å². The molecule has 4 nitrogen and oxygen atoms in total. The number of aliphatic hydroxyl groups excluding tert-OH is 1. The molecule has 3 fully saturated rings. The summed E-state index contributed by atoms with van der Waals surface area (Å²) >= 11 is 0. The van der Waals surface area contributed by atoms with Gasteiger partial charge < -0.3 is 27.9 Å². The van der Waals surface area contributed by atoms with E-state index in [9.17, 15) is 15.0 Å². The standard InChI is InChI=1S/C30H43NO3.ClH/c1-19(27(33)20-8-6-5-7-9-20)31-18-21-17-28(2)22(16-26(21)32)10-11-23-24(28)12-14-29(3)25(23)13-15-30(29,4)34;/h5-9,16,19,21,23-25,27,31,33-34H,10-15,17-18H2,1-4H3;1H. The Labute approximate surface area is 217 Å². The number of benzene rings is 1. The number of aliphatic hydroxyl groups is 2. The third kappa shape index (κ3) is 4.33. The molecule has 0 spiro atoms. The van der Waals surface area contributed by atoms with Gasteiger partial charge in [0.2, 0.25) is 0 Å². The molecule has 194 valence electrons. The second-order valence-electron chi connectivity index (χ2n) is 12.8. The Morgan fingerprint density at radius 1 is 1.06 bits per heavy atom. The SMILES string of the molecule is CC([NH2+]CC1CC2(C)C(=CC1=O)CCC1C2CCC2(C)C1CCC2(C)O)C(O)c1ccccc1.[Cl-]. The first-order valence-electron chi connectivity index (χ1n) is 13.6. The van der Waals surface area contributed by atoms with Crippen molar-refractivity contribution in [2.45, 2.75) is 90.4 Å². The Morgan fingerprint density at radius 3 is 2.46 bits per heavy atom. The van der Waals surface area contributed by atoms with E-state index in [0.717, 1.165) is 50.6 Å². The van der Waals surface area contributed by atoms with E-state index in [1.165, 1.54) is 12.0 Å². The van der Waals surface area contributed by atoms with Gasteiger partial charge in [-0.3, -0.25) is 4.79 Å². The molecule has 4 aliphatic rings. The van der Waals surface area contributed by atoms with Crippen LogP contribution in [0.25, 0.3) is 0 Å². The maximum absolute atomic E-state index is 13.1. The largest absolute Gasteiger partial charge is 1.00 e. The molecule has 0 aliphatic heterocycles. The van der Waals surface area contributed by atoms with E-state index in [-0.39, 0.29) is 41.0 Å². The van der Waals surface area contributed by atoms with Crippen LogP contribution >= 0.6 is 0 Å². The van der Waals surface area contributed by atoms with Crippen molar-refractivity contribution in [3.8, 4) is 0 Å². The lowest BCUT2D eigenvalue weighted by Gasteiger charge is -2.59. The van der Waals surface area contributed by atoms with Crippen LogP contribution in [0.15, 0.2) is 42.0 Å². The molecule has 35 heavy (non-hydrogen) atoms. The first-order chi connectivity index (χ1) is 16.1. The van der Waals surface area contributed by atoms with Gasteiger partial charge in [0.15, 0.2) is 5.78 Å². The monoisotopic (exact) mass is 501 g/mol. The molecule has 0 aromatic heterocycles. The lowest BCUT2D eigenvalue weighted by atomic mass is 9.46. The van der Waals surface area contributed by atoms with Crippen molar-refractivity contribution in [3.63, 3.8) is 0 Å². The minimum absolute atomic E-state index is 0. The van der Waals surface area contributed by atoms with Gasteiger partial charge in [-0.2, -0.15) is 0 Å². The number of nitrogens with two attached hydrogens (primary N) is 1. The summed E-state index contributed by atoms with van der Waals surface area (Å²) < 4.78 is 0. The number of fused-ring (bicyclic) bond motifs is 5. The van der Waals surface area contributed by atoms with Gasteiger partial charge in [0.1, 0.15) is 12.1 Å². The van der Waals surface area contributed by atoms with Crippen LogP contribution in [0.4, 0.5) is 0 Å². The molecule has 9 atom stereocenters. The fraction of sp³-hybridized carbons (Fsp3) is 0.700. The summed E-state index contributed by atoms with van der Waals surface area (Å²) in [6.45, 7) is 9.64. The molecular weight excluding hydrogens is 458 g/mol. The Hall–Kier alpha value is -1.20. The summed E-state index contributed by atoms with van der Waals surface area (Å²) in [6.07, 6.45) is 8.95. The van der Waals surface area contributed by atoms with E-state index in [2.05, 4.69) is 33.0 Å². The molecule has 5 rings (SSSR count). The zero-order chi connectivity index (χ0) is 24.3. The van der Waals surface area contributed by atoms with Crippen LogP contribution in [0.1, 0.15) is 84.3 Å². The van der Waals surface area contributed by atoms with Gasteiger partial charge in [0.25, 0.3) is 0 Å². The lowest BCUT2D eigenvalue weighted by molar-refractivity contribution is -0.698. The fourth-order valence-electron chi connectivity index (χ4n) is 8.65. The first kappa shape index (κ1) is 26.9. The lowest BCUT2D eigenvalue weighted by Crippen LogP contribution is -3.00. The number of quaternary nitrogens is 1. The molecule has 0 bridgehead atoms. The number of ketones is 1. The van der Waals surface area contributed by atoms with Gasteiger partial charge in [0.05, 0.1) is 18.1 Å². The van der Waals surface area contributed by atoms with E-state index < -0.39 is 11.7 Å². The maximum Gasteiger partial charge on any atom is 0.164 e. The Bertz CT molecular complexity index is 962. The van der Waals surface area contributed by atoms with Crippen LogP contribution in [-0.2, 0) is 4.79 Å². The molecule has 4 aliphatic carbocycles. The molecule has 9 unspecified atom stereocenters. The van der Waals surface area contributed by atoms with Gasteiger partial charge >= 0.3 is 0 Å². The zero-order valence-corrected chi connectivity index (χ0v) is 22.6. The highest BCUT2D eigenvalue weighted by Gasteiger charge is 2.62. The zero-order valence-electron chi connectivity index (χ0n) is 21.8.